The number of amides is 1. The van der Waals surface area contributed by atoms with Crippen LogP contribution in [0, 0.1) is 6.92 Å². The molecule has 0 saturated heterocycles. The Bertz CT molecular complexity index is 929. The summed E-state index contributed by atoms with van der Waals surface area (Å²) >= 11 is 0. The van der Waals surface area contributed by atoms with Gasteiger partial charge in [-0.1, -0.05) is 0 Å². The molecule has 0 aliphatic heterocycles. The zero-order chi connectivity index (χ0) is 22.9. The molecule has 11 heteroatoms. The number of phenolic OH excluding ortho intramolecular Hbond substituents is 1. The number of benzene rings is 1. The van der Waals surface area contributed by atoms with Crippen molar-refractivity contribution >= 4 is 12.0 Å². The summed E-state index contributed by atoms with van der Waals surface area (Å²) in [4.78, 5) is 17.0. The molecule has 164 valence electrons. The van der Waals surface area contributed by atoms with Crippen LogP contribution < -0.4 is 5.32 Å². The van der Waals surface area contributed by atoms with E-state index in [1.54, 1.807) is 34.6 Å². The van der Waals surface area contributed by atoms with Crippen LogP contribution in [0.2, 0.25) is 0 Å². The van der Waals surface area contributed by atoms with Crippen LogP contribution >= 0.6 is 0 Å². The van der Waals surface area contributed by atoms with Crippen molar-refractivity contribution in [3.8, 4) is 17.0 Å². The van der Waals surface area contributed by atoms with Gasteiger partial charge >= 0.3 is 12.3 Å². The van der Waals surface area contributed by atoms with Gasteiger partial charge in [0, 0.05) is 17.6 Å². The van der Waals surface area contributed by atoms with E-state index < -0.39 is 35.2 Å². The van der Waals surface area contributed by atoms with Crippen molar-refractivity contribution in [2.45, 2.75) is 52.4 Å². The molecule has 1 aromatic carbocycles. The van der Waals surface area contributed by atoms with E-state index in [2.05, 4.69) is 20.5 Å². The van der Waals surface area contributed by atoms with Gasteiger partial charge in [0.2, 0.25) is 5.95 Å². The predicted molar refractivity (Wildman–Crippen MR) is 104 cm³/mol. The number of carboxylic acid groups (broad SMARTS) is 1. The Kier molecular flexibility index (Phi) is 6.43. The second kappa shape index (κ2) is 8.33. The molecule has 1 aromatic heterocycles. The van der Waals surface area contributed by atoms with E-state index in [1.807, 2.05) is 0 Å². The monoisotopic (exact) mass is 427 g/mol. The number of aromatic hydroxyl groups is 1. The van der Waals surface area contributed by atoms with E-state index in [4.69, 9.17) is 0 Å². The molecule has 2 aromatic rings. The Morgan fingerprint density at radius 1 is 1.23 bits per heavy atom. The number of halogens is 3. The van der Waals surface area contributed by atoms with Crippen molar-refractivity contribution < 1.29 is 28.2 Å². The van der Waals surface area contributed by atoms with Crippen LogP contribution in [-0.4, -0.2) is 54.5 Å². The number of aryl methyl sites for hydroxylation is 1. The topological polar surface area (TPSA) is 111 Å². The maximum atomic E-state index is 12.8. The number of alkyl halides is 3. The number of carbonyl (C=O) groups is 1. The second-order valence-electron chi connectivity index (χ2n) is 7.85. The number of hydrogen-bond acceptors (Lipinski definition) is 6. The fraction of sp³-hybridized carbons (Fsp3) is 0.474. The lowest BCUT2D eigenvalue weighted by Gasteiger charge is -2.38. The van der Waals surface area contributed by atoms with Gasteiger partial charge in [-0.15, -0.1) is 10.2 Å². The Morgan fingerprint density at radius 3 is 2.33 bits per heavy atom. The fourth-order valence-electron chi connectivity index (χ4n) is 3.10. The maximum Gasteiger partial charge on any atom is 0.416 e. The summed E-state index contributed by atoms with van der Waals surface area (Å²) in [6, 6.07) is 2.18. The highest BCUT2D eigenvalue weighted by Gasteiger charge is 2.32. The molecule has 1 atom stereocenters. The molecular formula is C19H24F3N5O3. The van der Waals surface area contributed by atoms with Crippen LogP contribution in [0.3, 0.4) is 0 Å². The van der Waals surface area contributed by atoms with Gasteiger partial charge in [-0.2, -0.15) is 13.2 Å². The first-order valence-corrected chi connectivity index (χ1v) is 9.10. The van der Waals surface area contributed by atoms with Crippen LogP contribution in [0.5, 0.6) is 5.75 Å². The van der Waals surface area contributed by atoms with Gasteiger partial charge in [-0.05, 0) is 52.8 Å². The molecule has 30 heavy (non-hydrogen) atoms. The van der Waals surface area contributed by atoms with Crippen molar-refractivity contribution in [2.75, 3.05) is 11.9 Å². The standard InChI is InChI=1S/C19H24F3N5O3/c1-10(27(17(29)30)18(3,4)5)9-23-16-24-11(2)15(25-26-16)13-7-6-12(8-14(13)28)19(20,21)22/h6-8,10,28H,9H2,1-5H3,(H,29,30)(H,23,24,26)/t10-/m1/s1. The van der Waals surface area contributed by atoms with Crippen molar-refractivity contribution in [1.82, 2.24) is 20.1 Å². The van der Waals surface area contributed by atoms with E-state index in [-0.39, 0.29) is 23.8 Å². The summed E-state index contributed by atoms with van der Waals surface area (Å²) in [5.41, 5.74) is -1.03. The van der Waals surface area contributed by atoms with Crippen molar-refractivity contribution in [1.29, 1.82) is 0 Å². The first-order chi connectivity index (χ1) is 13.7. The van der Waals surface area contributed by atoms with Gasteiger partial charge in [0.1, 0.15) is 11.4 Å². The maximum absolute atomic E-state index is 12.8. The minimum atomic E-state index is -4.57. The van der Waals surface area contributed by atoms with E-state index in [0.29, 0.717) is 11.8 Å². The minimum absolute atomic E-state index is 0.0743. The average Bonchev–Trinajstić information content (AvgIpc) is 2.58. The molecule has 0 aliphatic rings. The Morgan fingerprint density at radius 2 is 1.87 bits per heavy atom. The smallest absolute Gasteiger partial charge is 0.416 e. The Hall–Kier alpha value is -3.11. The van der Waals surface area contributed by atoms with Gasteiger partial charge in [0.25, 0.3) is 0 Å². The summed E-state index contributed by atoms with van der Waals surface area (Å²) < 4.78 is 38.3. The number of phenols is 1. The molecule has 0 spiro atoms. The molecule has 8 nitrogen and oxygen atoms in total. The van der Waals surface area contributed by atoms with Gasteiger partial charge < -0.3 is 15.5 Å². The van der Waals surface area contributed by atoms with Crippen LogP contribution in [0.25, 0.3) is 11.3 Å². The van der Waals surface area contributed by atoms with Crippen molar-refractivity contribution in [3.63, 3.8) is 0 Å². The predicted octanol–water partition coefficient (Wildman–Crippen LogP) is 4.15. The molecule has 0 fully saturated rings. The third kappa shape index (κ3) is 5.28. The molecule has 1 amide bonds. The van der Waals surface area contributed by atoms with Gasteiger partial charge in [0.15, 0.2) is 0 Å². The van der Waals surface area contributed by atoms with Gasteiger partial charge in [-0.25, -0.2) is 9.78 Å². The third-order valence-electron chi connectivity index (χ3n) is 4.37. The summed E-state index contributed by atoms with van der Waals surface area (Å²) in [5, 5.41) is 30.2. The molecule has 0 aliphatic carbocycles. The highest BCUT2D eigenvalue weighted by atomic mass is 19.4. The zero-order valence-electron chi connectivity index (χ0n) is 17.2. The summed E-state index contributed by atoms with van der Waals surface area (Å²) in [6.45, 7) is 8.88. The highest BCUT2D eigenvalue weighted by molar-refractivity contribution is 5.69. The number of anilines is 1. The molecule has 1 heterocycles. The van der Waals surface area contributed by atoms with Crippen LogP contribution in [0.1, 0.15) is 39.0 Å². The number of hydrogen-bond donors (Lipinski definition) is 3. The molecule has 0 saturated carbocycles. The van der Waals surface area contributed by atoms with Crippen molar-refractivity contribution in [2.24, 2.45) is 0 Å². The number of nitrogens with one attached hydrogen (secondary N) is 1. The number of aromatic nitrogens is 3. The van der Waals surface area contributed by atoms with Crippen LogP contribution in [0.15, 0.2) is 18.2 Å². The highest BCUT2D eigenvalue weighted by Crippen LogP contribution is 2.36. The first kappa shape index (κ1) is 23.2. The lowest BCUT2D eigenvalue weighted by molar-refractivity contribution is -0.137. The molecule has 0 bridgehead atoms. The molecule has 3 N–H and O–H groups in total. The third-order valence-corrected chi connectivity index (χ3v) is 4.37. The largest absolute Gasteiger partial charge is 0.507 e. The molecule has 0 unspecified atom stereocenters. The van der Waals surface area contributed by atoms with Gasteiger partial charge in [0.05, 0.1) is 17.3 Å². The summed E-state index contributed by atoms with van der Waals surface area (Å²) in [5.74, 6) is -0.450. The number of nitrogens with zero attached hydrogens (tertiary/aromatic N) is 4. The second-order valence-corrected chi connectivity index (χ2v) is 7.85. The fourth-order valence-corrected chi connectivity index (χ4v) is 3.10. The quantitative estimate of drug-likeness (QED) is 0.657. The summed E-state index contributed by atoms with van der Waals surface area (Å²) in [6.07, 6.45) is -5.63. The van der Waals surface area contributed by atoms with Crippen LogP contribution in [-0.2, 0) is 6.18 Å². The average molecular weight is 427 g/mol. The summed E-state index contributed by atoms with van der Waals surface area (Å²) in [7, 11) is 0. The first-order valence-electron chi connectivity index (χ1n) is 9.10. The van der Waals surface area contributed by atoms with E-state index in [1.165, 1.54) is 4.90 Å². The van der Waals surface area contributed by atoms with E-state index in [9.17, 15) is 28.2 Å². The van der Waals surface area contributed by atoms with E-state index in [0.717, 1.165) is 12.1 Å². The number of rotatable bonds is 5. The van der Waals surface area contributed by atoms with Crippen LogP contribution in [0.4, 0.5) is 23.9 Å². The molecule has 0 radical (unpaired) electrons. The zero-order valence-corrected chi connectivity index (χ0v) is 17.2. The Labute approximate surface area is 171 Å². The lowest BCUT2D eigenvalue weighted by Crippen LogP contribution is -2.52. The Balaban J connectivity index is 2.19. The normalized spacial score (nSPS) is 13.1. The molecule has 2 rings (SSSR count). The van der Waals surface area contributed by atoms with Gasteiger partial charge in [-0.3, -0.25) is 4.90 Å². The van der Waals surface area contributed by atoms with Crippen molar-refractivity contribution in [3.05, 3.63) is 29.5 Å². The molecular weight excluding hydrogens is 403 g/mol. The van der Waals surface area contributed by atoms with E-state index >= 15 is 0 Å². The SMILES string of the molecule is Cc1nc(NC[C@@H](C)N(C(=O)O)C(C)(C)C)nnc1-c1ccc(C(F)(F)F)cc1O. The lowest BCUT2D eigenvalue weighted by atomic mass is 10.0. The minimum Gasteiger partial charge on any atom is -0.507 e.